The first-order valence-corrected chi connectivity index (χ1v) is 4.34. The summed E-state index contributed by atoms with van der Waals surface area (Å²) in [6, 6.07) is 5.45. The molecule has 0 saturated heterocycles. The second kappa shape index (κ2) is 3.46. The minimum atomic E-state index is 0.562. The van der Waals surface area contributed by atoms with E-state index in [9.17, 15) is 0 Å². The van der Waals surface area contributed by atoms with Crippen LogP contribution >= 0.6 is 0 Å². The van der Waals surface area contributed by atoms with Crippen LogP contribution in [0.5, 0.6) is 11.5 Å². The van der Waals surface area contributed by atoms with Gasteiger partial charge in [-0.05, 0) is 12.1 Å². The minimum absolute atomic E-state index is 0.562. The van der Waals surface area contributed by atoms with Crippen LogP contribution < -0.4 is 14.4 Å². The van der Waals surface area contributed by atoms with Crippen molar-refractivity contribution < 1.29 is 9.47 Å². The Bertz CT molecular complexity index is 384. The fourth-order valence-corrected chi connectivity index (χ4v) is 1.30. The number of anilines is 1. The molecule has 1 aromatic rings. The topological polar surface area (TPSA) is 45.5 Å². The molecule has 1 aliphatic heterocycles. The minimum Gasteiger partial charge on any atom is -0.486 e. The molecule has 4 nitrogen and oxygen atoms in total. The average Bonchev–Trinajstić information content (AvgIpc) is 2.27. The summed E-state index contributed by atoms with van der Waals surface area (Å²) in [7, 11) is 1.70. The first-order chi connectivity index (χ1) is 6.81. The van der Waals surface area contributed by atoms with E-state index < -0.39 is 0 Å². The fourth-order valence-electron chi connectivity index (χ4n) is 1.30. The summed E-state index contributed by atoms with van der Waals surface area (Å²) in [6.45, 7) is 1.15. The maximum Gasteiger partial charge on any atom is 0.183 e. The number of rotatable bonds is 1. The van der Waals surface area contributed by atoms with Gasteiger partial charge in [-0.25, -0.2) is 0 Å². The molecule has 72 valence electrons. The van der Waals surface area contributed by atoms with E-state index in [2.05, 4.69) is 0 Å². The predicted molar refractivity (Wildman–Crippen MR) is 51.4 cm³/mol. The van der Waals surface area contributed by atoms with Crippen LogP contribution in [0.1, 0.15) is 0 Å². The molecule has 0 N–H and O–H groups in total. The lowest BCUT2D eigenvalue weighted by Gasteiger charge is -2.19. The van der Waals surface area contributed by atoms with E-state index in [0.717, 1.165) is 11.4 Å². The zero-order valence-corrected chi connectivity index (χ0v) is 7.86. The molecule has 0 saturated carbocycles. The molecule has 2 rings (SSSR count). The lowest BCUT2D eigenvalue weighted by atomic mass is 10.2. The third kappa shape index (κ3) is 1.44. The summed E-state index contributed by atoms with van der Waals surface area (Å²) in [5.41, 5.74) is 0.803. The van der Waals surface area contributed by atoms with Crippen molar-refractivity contribution in [2.24, 2.45) is 0 Å². The number of ether oxygens (including phenoxy) is 2. The molecule has 4 heteroatoms. The van der Waals surface area contributed by atoms with Crippen molar-refractivity contribution >= 4 is 5.69 Å². The maximum absolute atomic E-state index is 8.70. The molecule has 0 bridgehead atoms. The molecule has 0 amide bonds. The second-order valence-electron chi connectivity index (χ2n) is 2.99. The molecule has 0 aliphatic carbocycles. The zero-order valence-electron chi connectivity index (χ0n) is 7.86. The van der Waals surface area contributed by atoms with Crippen LogP contribution in [0.15, 0.2) is 18.2 Å². The first-order valence-electron chi connectivity index (χ1n) is 4.34. The Hall–Kier alpha value is -1.89. The Kier molecular flexibility index (Phi) is 2.15. The second-order valence-corrected chi connectivity index (χ2v) is 2.99. The van der Waals surface area contributed by atoms with Gasteiger partial charge in [0.15, 0.2) is 17.7 Å². The highest BCUT2D eigenvalue weighted by Gasteiger charge is 2.12. The van der Waals surface area contributed by atoms with Crippen molar-refractivity contribution in [3.05, 3.63) is 18.2 Å². The fraction of sp³-hybridized carbons (Fsp3) is 0.300. The molecule has 0 radical (unpaired) electrons. The monoisotopic (exact) mass is 190 g/mol. The SMILES string of the molecule is CN(C#N)c1ccc2c(c1)OCCO2. The molecule has 0 unspecified atom stereocenters. The Morgan fingerprint density at radius 1 is 1.29 bits per heavy atom. The van der Waals surface area contributed by atoms with E-state index >= 15 is 0 Å². The summed E-state index contributed by atoms with van der Waals surface area (Å²) in [4.78, 5) is 1.47. The van der Waals surface area contributed by atoms with Gasteiger partial charge in [0, 0.05) is 13.1 Å². The van der Waals surface area contributed by atoms with E-state index in [1.807, 2.05) is 18.3 Å². The summed E-state index contributed by atoms with van der Waals surface area (Å²) >= 11 is 0. The Balaban J connectivity index is 2.34. The molecule has 1 heterocycles. The molecular weight excluding hydrogens is 180 g/mol. The Morgan fingerprint density at radius 3 is 2.71 bits per heavy atom. The van der Waals surface area contributed by atoms with Crippen molar-refractivity contribution in [3.63, 3.8) is 0 Å². The van der Waals surface area contributed by atoms with Crippen LogP contribution in [0.4, 0.5) is 5.69 Å². The first kappa shape index (κ1) is 8.70. The summed E-state index contributed by atoms with van der Waals surface area (Å²) in [6.07, 6.45) is 2.02. The van der Waals surface area contributed by atoms with Crippen molar-refractivity contribution in [3.8, 4) is 17.7 Å². The van der Waals surface area contributed by atoms with E-state index in [-0.39, 0.29) is 0 Å². The highest BCUT2D eigenvalue weighted by atomic mass is 16.6. The molecule has 0 atom stereocenters. The smallest absolute Gasteiger partial charge is 0.183 e. The Morgan fingerprint density at radius 2 is 2.00 bits per heavy atom. The maximum atomic E-state index is 8.70. The summed E-state index contributed by atoms with van der Waals surface area (Å²) < 4.78 is 10.8. The van der Waals surface area contributed by atoms with Crippen LogP contribution in [0.3, 0.4) is 0 Å². The van der Waals surface area contributed by atoms with E-state index in [1.54, 1.807) is 13.1 Å². The van der Waals surface area contributed by atoms with Gasteiger partial charge in [0.1, 0.15) is 13.2 Å². The van der Waals surface area contributed by atoms with Crippen molar-refractivity contribution in [2.45, 2.75) is 0 Å². The van der Waals surface area contributed by atoms with Crippen LogP contribution in [-0.2, 0) is 0 Å². The van der Waals surface area contributed by atoms with Crippen molar-refractivity contribution in [1.82, 2.24) is 0 Å². The van der Waals surface area contributed by atoms with Crippen molar-refractivity contribution in [2.75, 3.05) is 25.2 Å². The molecule has 1 aliphatic rings. The molecule has 1 aromatic carbocycles. The van der Waals surface area contributed by atoms with Gasteiger partial charge in [-0.1, -0.05) is 0 Å². The Labute approximate surface area is 82.3 Å². The van der Waals surface area contributed by atoms with Crippen LogP contribution in [0.25, 0.3) is 0 Å². The van der Waals surface area contributed by atoms with Crippen LogP contribution in [-0.4, -0.2) is 20.3 Å². The van der Waals surface area contributed by atoms with Gasteiger partial charge < -0.3 is 9.47 Å². The molecule has 14 heavy (non-hydrogen) atoms. The van der Waals surface area contributed by atoms with E-state index in [0.29, 0.717) is 19.0 Å². The molecular formula is C10H10N2O2. The lowest BCUT2D eigenvalue weighted by Crippen LogP contribution is -2.16. The van der Waals surface area contributed by atoms with Gasteiger partial charge >= 0.3 is 0 Å². The normalized spacial score (nSPS) is 13.1. The number of hydrogen-bond donors (Lipinski definition) is 0. The third-order valence-corrected chi connectivity index (χ3v) is 2.06. The van der Waals surface area contributed by atoms with Gasteiger partial charge in [0.05, 0.1) is 5.69 Å². The standard InChI is InChI=1S/C10H10N2O2/c1-12(7-11)8-2-3-9-10(6-8)14-5-4-13-9/h2-3,6H,4-5H2,1H3. The molecule has 0 aromatic heterocycles. The van der Waals surface area contributed by atoms with Gasteiger partial charge in [0.25, 0.3) is 0 Å². The predicted octanol–water partition coefficient (Wildman–Crippen LogP) is 1.38. The highest BCUT2D eigenvalue weighted by Crippen LogP contribution is 2.33. The number of hydrogen-bond acceptors (Lipinski definition) is 4. The van der Waals surface area contributed by atoms with Gasteiger partial charge in [-0.3, -0.25) is 4.90 Å². The van der Waals surface area contributed by atoms with Gasteiger partial charge in [-0.15, -0.1) is 0 Å². The quantitative estimate of drug-likeness (QED) is 0.495. The van der Waals surface area contributed by atoms with Gasteiger partial charge in [0.2, 0.25) is 0 Å². The highest BCUT2D eigenvalue weighted by molar-refractivity contribution is 5.58. The third-order valence-electron chi connectivity index (χ3n) is 2.06. The zero-order chi connectivity index (χ0) is 9.97. The summed E-state index contributed by atoms with van der Waals surface area (Å²) in [5, 5.41) is 8.70. The lowest BCUT2D eigenvalue weighted by molar-refractivity contribution is 0.171. The number of nitriles is 1. The summed E-state index contributed by atoms with van der Waals surface area (Å²) in [5.74, 6) is 1.45. The largest absolute Gasteiger partial charge is 0.486 e. The van der Waals surface area contributed by atoms with E-state index in [4.69, 9.17) is 14.7 Å². The number of nitrogens with zero attached hydrogens (tertiary/aromatic N) is 2. The van der Waals surface area contributed by atoms with Gasteiger partial charge in [-0.2, -0.15) is 5.26 Å². The number of benzene rings is 1. The van der Waals surface area contributed by atoms with Crippen molar-refractivity contribution in [1.29, 1.82) is 5.26 Å². The molecule has 0 fully saturated rings. The number of fused-ring (bicyclic) bond motifs is 1. The molecule has 0 spiro atoms. The van der Waals surface area contributed by atoms with Crippen LogP contribution in [0, 0.1) is 11.5 Å². The van der Waals surface area contributed by atoms with E-state index in [1.165, 1.54) is 4.90 Å². The average molecular weight is 190 g/mol. The van der Waals surface area contributed by atoms with Crippen LogP contribution in [0.2, 0.25) is 0 Å².